The van der Waals surface area contributed by atoms with E-state index in [0.717, 1.165) is 0 Å². The van der Waals surface area contributed by atoms with Crippen molar-refractivity contribution in [2.75, 3.05) is 11.9 Å². The number of hydrogen-bond acceptors (Lipinski definition) is 4. The Balaban J connectivity index is 2.20. The van der Waals surface area contributed by atoms with Crippen LogP contribution in [0.1, 0.15) is 32.3 Å². The number of fused-ring (bicyclic) bond motifs is 1. The second-order valence-electron chi connectivity index (χ2n) is 5.25. The van der Waals surface area contributed by atoms with E-state index in [2.05, 4.69) is 10.2 Å². The van der Waals surface area contributed by atoms with E-state index in [4.69, 9.17) is 4.84 Å². The van der Waals surface area contributed by atoms with Gasteiger partial charge in [0.15, 0.2) is 0 Å². The van der Waals surface area contributed by atoms with Crippen molar-refractivity contribution in [3.05, 3.63) is 23.8 Å². The number of hydrogen-bond donors (Lipinski definition) is 2. The predicted molar refractivity (Wildman–Crippen MR) is 74.6 cm³/mol. The molecule has 110 valence electrons. The molecule has 1 aliphatic rings. The summed E-state index contributed by atoms with van der Waals surface area (Å²) in [5.74, 6) is -0.255. The largest absolute Gasteiger partial charge is 0.325 e. The minimum Gasteiger partial charge on any atom is -0.325 e. The molecule has 1 aliphatic heterocycles. The number of nitrogens with one attached hydrogen (secondary N) is 2. The molecule has 0 aliphatic carbocycles. The van der Waals surface area contributed by atoms with Crippen molar-refractivity contribution in [2.45, 2.75) is 31.6 Å². The van der Waals surface area contributed by atoms with E-state index in [1.54, 1.807) is 13.0 Å². The van der Waals surface area contributed by atoms with Gasteiger partial charge in [-0.1, -0.05) is 18.7 Å². The molecule has 0 saturated heterocycles. The van der Waals surface area contributed by atoms with Gasteiger partial charge in [0.2, 0.25) is 5.91 Å². The van der Waals surface area contributed by atoms with E-state index in [1.165, 1.54) is 12.1 Å². The highest BCUT2D eigenvalue weighted by Crippen LogP contribution is 2.33. The molecule has 0 radical (unpaired) electrons. The molecule has 2 rings (SSSR count). The van der Waals surface area contributed by atoms with Gasteiger partial charge in [0, 0.05) is 5.69 Å². The minimum absolute atomic E-state index is 0.0864. The molecule has 1 unspecified atom stereocenters. The van der Waals surface area contributed by atoms with Gasteiger partial charge < -0.3 is 5.32 Å². The van der Waals surface area contributed by atoms with E-state index < -0.39 is 10.0 Å². The van der Waals surface area contributed by atoms with Crippen LogP contribution >= 0.6 is 0 Å². The van der Waals surface area contributed by atoms with Gasteiger partial charge in [-0.05, 0) is 36.6 Å². The number of amides is 1. The van der Waals surface area contributed by atoms with Crippen molar-refractivity contribution in [1.82, 2.24) is 4.89 Å². The van der Waals surface area contributed by atoms with Crippen LogP contribution in [0.3, 0.4) is 0 Å². The zero-order valence-corrected chi connectivity index (χ0v) is 12.5. The normalized spacial score (nSPS) is 18.2. The molecular weight excluding hydrogens is 280 g/mol. The van der Waals surface area contributed by atoms with Crippen LogP contribution < -0.4 is 10.2 Å². The maximum Gasteiger partial charge on any atom is 0.262 e. The number of benzene rings is 1. The van der Waals surface area contributed by atoms with Crippen molar-refractivity contribution < 1.29 is 18.0 Å². The quantitative estimate of drug-likeness (QED) is 0.809. The topological polar surface area (TPSA) is 84.5 Å². The Morgan fingerprint density at radius 3 is 2.75 bits per heavy atom. The number of rotatable bonds is 5. The lowest BCUT2D eigenvalue weighted by Gasteiger charge is -2.10. The molecule has 6 nitrogen and oxygen atoms in total. The fraction of sp³-hybridized carbons (Fsp3) is 0.462. The van der Waals surface area contributed by atoms with Gasteiger partial charge in [-0.2, -0.15) is 0 Å². The Bertz CT molecular complexity index is 625. The van der Waals surface area contributed by atoms with Crippen molar-refractivity contribution in [1.29, 1.82) is 0 Å². The Morgan fingerprint density at radius 1 is 1.40 bits per heavy atom. The first-order valence-corrected chi connectivity index (χ1v) is 7.88. The van der Waals surface area contributed by atoms with Crippen molar-refractivity contribution >= 4 is 21.6 Å². The second kappa shape index (κ2) is 5.51. The molecule has 0 aromatic heterocycles. The van der Waals surface area contributed by atoms with Crippen molar-refractivity contribution in [3.63, 3.8) is 0 Å². The van der Waals surface area contributed by atoms with Crippen LogP contribution in [0, 0.1) is 5.92 Å². The van der Waals surface area contributed by atoms with Crippen LogP contribution in [0.15, 0.2) is 23.1 Å². The van der Waals surface area contributed by atoms with Crippen LogP contribution in [-0.2, 0) is 19.7 Å². The Morgan fingerprint density at radius 2 is 2.10 bits per heavy atom. The van der Waals surface area contributed by atoms with Crippen molar-refractivity contribution in [2.24, 2.45) is 5.92 Å². The number of carbonyl (C=O) groups is 1. The lowest BCUT2D eigenvalue weighted by Crippen LogP contribution is -2.26. The van der Waals surface area contributed by atoms with E-state index in [9.17, 15) is 13.2 Å². The van der Waals surface area contributed by atoms with Gasteiger partial charge in [0.1, 0.15) is 0 Å². The Hall–Kier alpha value is -1.44. The summed E-state index contributed by atoms with van der Waals surface area (Å²) in [5.41, 5.74) is 1.34. The van der Waals surface area contributed by atoms with Crippen LogP contribution in [0.25, 0.3) is 0 Å². The molecule has 0 spiro atoms. The molecule has 1 aromatic carbocycles. The molecule has 1 atom stereocenters. The maximum absolute atomic E-state index is 12.1. The average Bonchev–Trinajstić information content (AvgIpc) is 2.64. The maximum atomic E-state index is 12.1. The fourth-order valence-electron chi connectivity index (χ4n) is 1.89. The summed E-state index contributed by atoms with van der Waals surface area (Å²) in [6.45, 7) is 5.87. The highest BCUT2D eigenvalue weighted by Gasteiger charge is 2.28. The third-order valence-corrected chi connectivity index (χ3v) is 4.25. The average molecular weight is 298 g/mol. The molecule has 1 aromatic rings. The van der Waals surface area contributed by atoms with Gasteiger partial charge >= 0.3 is 0 Å². The van der Waals surface area contributed by atoms with E-state index in [-0.39, 0.29) is 22.6 Å². The van der Waals surface area contributed by atoms with Gasteiger partial charge in [-0.25, -0.2) is 8.42 Å². The van der Waals surface area contributed by atoms with Gasteiger partial charge in [-0.3, -0.25) is 9.63 Å². The van der Waals surface area contributed by atoms with E-state index >= 15 is 0 Å². The SMILES string of the molecule is CC(C)CONS(=O)(=O)c1ccc2c(c1)C(C)C(=O)N2. The number of carbonyl (C=O) groups excluding carboxylic acids is 1. The molecular formula is C13H18N2O4S. The van der Waals surface area contributed by atoms with E-state index in [1.807, 2.05) is 13.8 Å². The minimum atomic E-state index is -3.73. The summed E-state index contributed by atoms with van der Waals surface area (Å²) in [5, 5.41) is 2.70. The molecule has 1 heterocycles. The second-order valence-corrected chi connectivity index (χ2v) is 6.90. The van der Waals surface area contributed by atoms with Gasteiger partial charge in [-0.15, -0.1) is 0 Å². The highest BCUT2D eigenvalue weighted by molar-refractivity contribution is 7.89. The molecule has 20 heavy (non-hydrogen) atoms. The molecule has 2 N–H and O–H groups in total. The summed E-state index contributed by atoms with van der Waals surface area (Å²) in [6, 6.07) is 4.53. The molecule has 0 bridgehead atoms. The number of sulfonamides is 1. The summed E-state index contributed by atoms with van der Waals surface area (Å²) in [6.07, 6.45) is 0. The van der Waals surface area contributed by atoms with Crippen molar-refractivity contribution in [3.8, 4) is 0 Å². The number of anilines is 1. The predicted octanol–water partition coefficient (Wildman–Crippen LogP) is 1.61. The summed E-state index contributed by atoms with van der Waals surface area (Å²) >= 11 is 0. The third kappa shape index (κ3) is 3.00. The third-order valence-electron chi connectivity index (χ3n) is 3.04. The zero-order valence-electron chi connectivity index (χ0n) is 11.6. The lowest BCUT2D eigenvalue weighted by molar-refractivity contribution is -0.116. The van der Waals surface area contributed by atoms with Crippen LogP contribution in [-0.4, -0.2) is 20.9 Å². The highest BCUT2D eigenvalue weighted by atomic mass is 32.2. The first kappa shape index (κ1) is 15.0. The summed E-state index contributed by atoms with van der Waals surface area (Å²) < 4.78 is 24.1. The molecule has 0 fully saturated rings. The summed E-state index contributed by atoms with van der Waals surface area (Å²) in [7, 11) is -3.73. The molecule has 7 heteroatoms. The summed E-state index contributed by atoms with van der Waals surface area (Å²) in [4.78, 5) is 18.7. The standard InChI is InChI=1S/C13H18N2O4S/c1-8(2)7-19-15-20(17,18)10-4-5-12-11(6-10)9(3)13(16)14-12/h4-6,8-9,15H,7H2,1-3H3,(H,14,16). The lowest BCUT2D eigenvalue weighted by atomic mass is 10.0. The monoisotopic (exact) mass is 298 g/mol. The fourth-order valence-corrected chi connectivity index (χ4v) is 2.74. The smallest absolute Gasteiger partial charge is 0.262 e. The molecule has 1 amide bonds. The Labute approximate surface area is 118 Å². The van der Waals surface area contributed by atoms with Crippen LogP contribution in [0.4, 0.5) is 5.69 Å². The first-order valence-electron chi connectivity index (χ1n) is 6.39. The van der Waals surface area contributed by atoms with Crippen LogP contribution in [0.5, 0.6) is 0 Å². The zero-order chi connectivity index (χ0) is 14.9. The van der Waals surface area contributed by atoms with Gasteiger partial charge in [0.05, 0.1) is 17.4 Å². The first-order chi connectivity index (χ1) is 9.31. The Kier molecular flexibility index (Phi) is 4.12. The van der Waals surface area contributed by atoms with E-state index in [0.29, 0.717) is 17.9 Å². The molecule has 0 saturated carbocycles. The van der Waals surface area contributed by atoms with Crippen LogP contribution in [0.2, 0.25) is 0 Å². The van der Waals surface area contributed by atoms with Gasteiger partial charge in [0.25, 0.3) is 10.0 Å².